The molecule has 3 amide bonds. The van der Waals surface area contributed by atoms with E-state index in [1.54, 1.807) is 4.90 Å². The number of ether oxygens (including phenoxy) is 1. The molecule has 0 aliphatic carbocycles. The second kappa shape index (κ2) is 7.72. The van der Waals surface area contributed by atoms with E-state index in [-0.39, 0.29) is 35.7 Å². The Bertz CT molecular complexity index is 762. The van der Waals surface area contributed by atoms with Crippen LogP contribution in [0.2, 0.25) is 0 Å². The topological polar surface area (TPSA) is 82.1 Å². The van der Waals surface area contributed by atoms with Crippen LogP contribution in [0.1, 0.15) is 52.2 Å². The molecule has 0 aromatic heterocycles. The highest BCUT2D eigenvalue weighted by molar-refractivity contribution is 6.05. The van der Waals surface area contributed by atoms with E-state index in [4.69, 9.17) is 4.74 Å². The van der Waals surface area contributed by atoms with Crippen LogP contribution in [0.5, 0.6) is 5.75 Å². The van der Waals surface area contributed by atoms with Crippen molar-refractivity contribution in [2.45, 2.75) is 65.2 Å². The molecule has 7 heteroatoms. The predicted octanol–water partition coefficient (Wildman–Crippen LogP) is 2.75. The number of carbonyl (C=O) groups excluding carboxylic acids is 2. The number of benzene rings is 1. The maximum absolute atomic E-state index is 12.3. The first-order valence-electron chi connectivity index (χ1n) is 9.90. The Labute approximate surface area is 166 Å². The first kappa shape index (κ1) is 20.6. The lowest BCUT2D eigenvalue weighted by Crippen LogP contribution is -2.49. The summed E-state index contributed by atoms with van der Waals surface area (Å²) in [7, 11) is 0. The van der Waals surface area contributed by atoms with E-state index in [2.05, 4.69) is 24.1 Å². The zero-order chi connectivity index (χ0) is 20.6. The number of nitrogens with zero attached hydrogens (tertiary/aromatic N) is 2. The van der Waals surface area contributed by atoms with Crippen LogP contribution in [0, 0.1) is 0 Å². The van der Waals surface area contributed by atoms with Gasteiger partial charge in [-0.05, 0) is 31.4 Å². The Hall–Kier alpha value is -2.12. The van der Waals surface area contributed by atoms with Gasteiger partial charge in [0.05, 0.1) is 12.2 Å². The van der Waals surface area contributed by atoms with Crippen LogP contribution in [0.3, 0.4) is 0 Å². The van der Waals surface area contributed by atoms with Crippen molar-refractivity contribution in [2.24, 2.45) is 0 Å². The van der Waals surface area contributed by atoms with E-state index in [0.717, 1.165) is 24.2 Å². The second-order valence-electron chi connectivity index (χ2n) is 8.96. The van der Waals surface area contributed by atoms with Crippen LogP contribution in [-0.2, 0) is 21.5 Å². The van der Waals surface area contributed by atoms with Crippen molar-refractivity contribution < 1.29 is 19.4 Å². The molecule has 1 aromatic rings. The molecule has 2 aliphatic heterocycles. The quantitative estimate of drug-likeness (QED) is 0.831. The number of anilines is 1. The van der Waals surface area contributed by atoms with E-state index in [9.17, 15) is 14.7 Å². The van der Waals surface area contributed by atoms with E-state index in [1.165, 1.54) is 0 Å². The summed E-state index contributed by atoms with van der Waals surface area (Å²) < 4.78 is 5.81. The van der Waals surface area contributed by atoms with E-state index >= 15 is 0 Å². The van der Waals surface area contributed by atoms with Gasteiger partial charge in [-0.15, -0.1) is 0 Å². The van der Waals surface area contributed by atoms with Crippen molar-refractivity contribution in [2.75, 3.05) is 24.5 Å². The highest BCUT2D eigenvalue weighted by Crippen LogP contribution is 2.38. The normalized spacial score (nSPS) is 24.4. The fourth-order valence-electron chi connectivity index (χ4n) is 3.99. The fourth-order valence-corrected chi connectivity index (χ4v) is 3.99. The van der Waals surface area contributed by atoms with E-state index in [0.29, 0.717) is 18.8 Å². The summed E-state index contributed by atoms with van der Waals surface area (Å²) in [6.07, 6.45) is 0.538. The van der Waals surface area contributed by atoms with Gasteiger partial charge < -0.3 is 9.84 Å². The summed E-state index contributed by atoms with van der Waals surface area (Å²) in [6, 6.07) is 3.31. The highest BCUT2D eigenvalue weighted by Gasteiger charge is 2.29. The van der Waals surface area contributed by atoms with Crippen LogP contribution < -0.4 is 10.2 Å². The third-order valence-corrected chi connectivity index (χ3v) is 5.24. The van der Waals surface area contributed by atoms with Gasteiger partial charge in [-0.25, -0.2) is 4.79 Å². The minimum absolute atomic E-state index is 0.134. The number of nitrogens with one attached hydrogen (secondary N) is 1. The first-order chi connectivity index (χ1) is 13.0. The number of carbonyl (C=O) groups is 2. The molecule has 0 saturated carbocycles. The summed E-state index contributed by atoms with van der Waals surface area (Å²) in [5.74, 6) is 0.0177. The first-order valence-corrected chi connectivity index (χ1v) is 9.90. The van der Waals surface area contributed by atoms with Crippen molar-refractivity contribution in [3.05, 3.63) is 23.3 Å². The summed E-state index contributed by atoms with van der Waals surface area (Å²) in [5, 5.41) is 13.4. The third-order valence-electron chi connectivity index (χ3n) is 5.24. The Kier molecular flexibility index (Phi) is 5.68. The molecule has 154 valence electrons. The van der Waals surface area contributed by atoms with Crippen LogP contribution >= 0.6 is 0 Å². The monoisotopic (exact) mass is 389 g/mol. The summed E-state index contributed by atoms with van der Waals surface area (Å²) in [5.41, 5.74) is 1.99. The predicted molar refractivity (Wildman–Crippen MR) is 108 cm³/mol. The van der Waals surface area contributed by atoms with Crippen molar-refractivity contribution in [1.29, 1.82) is 0 Å². The lowest BCUT2D eigenvalue weighted by molar-refractivity contribution is -0.120. The minimum Gasteiger partial charge on any atom is -0.507 e. The van der Waals surface area contributed by atoms with Gasteiger partial charge in [-0.3, -0.25) is 19.9 Å². The number of hydrogen-bond acceptors (Lipinski definition) is 5. The number of imide groups is 1. The number of phenols is 1. The van der Waals surface area contributed by atoms with E-state index < -0.39 is 6.03 Å². The molecular weight excluding hydrogens is 358 g/mol. The summed E-state index contributed by atoms with van der Waals surface area (Å²) >= 11 is 0. The number of amides is 3. The molecule has 2 heterocycles. The Morgan fingerprint density at radius 2 is 1.82 bits per heavy atom. The van der Waals surface area contributed by atoms with Crippen molar-refractivity contribution in [3.63, 3.8) is 0 Å². The molecule has 0 bridgehead atoms. The molecule has 2 atom stereocenters. The largest absolute Gasteiger partial charge is 0.507 e. The van der Waals surface area contributed by atoms with Gasteiger partial charge in [0.25, 0.3) is 0 Å². The number of urea groups is 1. The van der Waals surface area contributed by atoms with Gasteiger partial charge >= 0.3 is 6.03 Å². The SMILES string of the molecule is CC1CN(Cc2cc(N3CCC(=O)NC3=O)cc(C(C)(C)C)c2O)CC(C)O1. The van der Waals surface area contributed by atoms with Crippen LogP contribution in [0.15, 0.2) is 12.1 Å². The van der Waals surface area contributed by atoms with Gasteiger partial charge in [0.1, 0.15) is 5.75 Å². The van der Waals surface area contributed by atoms with E-state index in [1.807, 2.05) is 32.9 Å². The van der Waals surface area contributed by atoms with Gasteiger partial charge in [0, 0.05) is 49.4 Å². The molecule has 2 fully saturated rings. The molecule has 28 heavy (non-hydrogen) atoms. The van der Waals surface area contributed by atoms with Crippen LogP contribution in [0.25, 0.3) is 0 Å². The lowest BCUT2D eigenvalue weighted by atomic mass is 9.84. The summed E-state index contributed by atoms with van der Waals surface area (Å²) in [6.45, 7) is 12.7. The Morgan fingerprint density at radius 3 is 2.39 bits per heavy atom. The molecule has 2 saturated heterocycles. The molecule has 7 nitrogen and oxygen atoms in total. The minimum atomic E-state index is -0.415. The Balaban J connectivity index is 1.96. The van der Waals surface area contributed by atoms with Crippen molar-refractivity contribution >= 4 is 17.6 Å². The smallest absolute Gasteiger partial charge is 0.328 e. The number of morpholine rings is 1. The lowest BCUT2D eigenvalue weighted by Gasteiger charge is -2.36. The molecule has 2 aliphatic rings. The zero-order valence-corrected chi connectivity index (χ0v) is 17.4. The molecule has 1 aromatic carbocycles. The average molecular weight is 389 g/mol. The van der Waals surface area contributed by atoms with Crippen molar-refractivity contribution in [3.8, 4) is 5.75 Å². The molecule has 0 radical (unpaired) electrons. The van der Waals surface area contributed by atoms with Gasteiger partial charge in [-0.2, -0.15) is 0 Å². The number of rotatable bonds is 3. The van der Waals surface area contributed by atoms with Gasteiger partial charge in [0.2, 0.25) is 5.91 Å². The average Bonchev–Trinajstić information content (AvgIpc) is 2.55. The van der Waals surface area contributed by atoms with Crippen molar-refractivity contribution in [1.82, 2.24) is 10.2 Å². The summed E-state index contributed by atoms with van der Waals surface area (Å²) in [4.78, 5) is 27.7. The molecule has 2 unspecified atom stereocenters. The Morgan fingerprint density at radius 1 is 1.18 bits per heavy atom. The standard InChI is InChI=1S/C21H31N3O4/c1-13-10-23(11-14(2)28-13)12-15-8-16(9-17(19(15)26)21(3,4)5)24-7-6-18(25)22-20(24)27/h8-9,13-14,26H,6-7,10-12H2,1-5H3,(H,22,25,27). The van der Waals surface area contributed by atoms with Gasteiger partial charge in [0.15, 0.2) is 0 Å². The molecule has 0 spiro atoms. The van der Waals surface area contributed by atoms with Crippen LogP contribution in [-0.4, -0.2) is 53.8 Å². The molecule has 2 N–H and O–H groups in total. The highest BCUT2D eigenvalue weighted by atomic mass is 16.5. The van der Waals surface area contributed by atoms with Crippen LogP contribution in [0.4, 0.5) is 10.5 Å². The fraction of sp³-hybridized carbons (Fsp3) is 0.619. The maximum atomic E-state index is 12.3. The molecule has 3 rings (SSSR count). The molecular formula is C21H31N3O4. The third kappa shape index (κ3) is 4.47. The zero-order valence-electron chi connectivity index (χ0n) is 17.4. The number of phenolic OH excluding ortho intramolecular Hbond substituents is 1. The number of aromatic hydroxyl groups is 1. The van der Waals surface area contributed by atoms with Gasteiger partial charge in [-0.1, -0.05) is 20.8 Å². The number of hydrogen-bond donors (Lipinski definition) is 2. The maximum Gasteiger partial charge on any atom is 0.328 e. The second-order valence-corrected chi connectivity index (χ2v) is 8.96.